The standard InChI is InChI=1S/C21H23N3/c1-2-5-17(6-3-1)8-9-18-10-13-24(14-11-18)16-19-15-23-21-20(19)7-4-12-22-21/h1-7,10,12,15H,8-9,11,13-14,16H2,(H,22,23). The zero-order valence-corrected chi connectivity index (χ0v) is 13.9. The Morgan fingerprint density at radius 3 is 2.79 bits per heavy atom. The van der Waals surface area contributed by atoms with Gasteiger partial charge in [0, 0.05) is 37.4 Å². The van der Waals surface area contributed by atoms with Crippen molar-refractivity contribution < 1.29 is 0 Å². The fourth-order valence-corrected chi connectivity index (χ4v) is 3.46. The third-order valence-corrected chi connectivity index (χ3v) is 4.90. The van der Waals surface area contributed by atoms with E-state index in [1.54, 1.807) is 5.57 Å². The smallest absolute Gasteiger partial charge is 0.137 e. The number of benzene rings is 1. The third kappa shape index (κ3) is 3.41. The molecule has 3 heterocycles. The van der Waals surface area contributed by atoms with E-state index >= 15 is 0 Å². The Morgan fingerprint density at radius 2 is 1.96 bits per heavy atom. The summed E-state index contributed by atoms with van der Waals surface area (Å²) in [5.41, 5.74) is 5.38. The summed E-state index contributed by atoms with van der Waals surface area (Å²) in [6, 6.07) is 14.9. The van der Waals surface area contributed by atoms with E-state index < -0.39 is 0 Å². The molecule has 0 aliphatic carbocycles. The predicted molar refractivity (Wildman–Crippen MR) is 98.8 cm³/mol. The Balaban J connectivity index is 1.34. The highest BCUT2D eigenvalue weighted by Crippen LogP contribution is 2.21. The molecule has 122 valence electrons. The van der Waals surface area contributed by atoms with Crippen molar-refractivity contribution in [2.24, 2.45) is 0 Å². The lowest BCUT2D eigenvalue weighted by Crippen LogP contribution is -2.28. The molecular weight excluding hydrogens is 294 g/mol. The molecule has 0 fully saturated rings. The molecule has 3 aromatic rings. The molecule has 1 aliphatic heterocycles. The van der Waals surface area contributed by atoms with Gasteiger partial charge >= 0.3 is 0 Å². The van der Waals surface area contributed by atoms with Gasteiger partial charge in [-0.25, -0.2) is 4.98 Å². The van der Waals surface area contributed by atoms with E-state index in [2.05, 4.69) is 63.5 Å². The van der Waals surface area contributed by atoms with Gasteiger partial charge in [0.15, 0.2) is 0 Å². The molecule has 0 spiro atoms. The number of pyridine rings is 1. The molecule has 0 unspecified atom stereocenters. The third-order valence-electron chi connectivity index (χ3n) is 4.90. The SMILES string of the molecule is C1=C(CCc2ccccc2)CCN(Cc2c[nH]c3ncccc23)C1. The second-order valence-corrected chi connectivity index (χ2v) is 6.55. The van der Waals surface area contributed by atoms with E-state index in [9.17, 15) is 0 Å². The van der Waals surface area contributed by atoms with Crippen LogP contribution in [0.2, 0.25) is 0 Å². The zero-order valence-electron chi connectivity index (χ0n) is 13.9. The van der Waals surface area contributed by atoms with Crippen LogP contribution in [0.25, 0.3) is 11.0 Å². The largest absolute Gasteiger partial charge is 0.346 e. The number of fused-ring (bicyclic) bond motifs is 1. The van der Waals surface area contributed by atoms with Crippen molar-refractivity contribution >= 4 is 11.0 Å². The van der Waals surface area contributed by atoms with Crippen LogP contribution in [0, 0.1) is 0 Å². The van der Waals surface area contributed by atoms with Crippen LogP contribution >= 0.6 is 0 Å². The van der Waals surface area contributed by atoms with Crippen LogP contribution in [0.15, 0.2) is 66.5 Å². The minimum absolute atomic E-state index is 0.989. The summed E-state index contributed by atoms with van der Waals surface area (Å²) in [6.07, 6.45) is 9.90. The van der Waals surface area contributed by atoms with E-state index in [-0.39, 0.29) is 0 Å². The lowest BCUT2D eigenvalue weighted by molar-refractivity contribution is 0.285. The minimum atomic E-state index is 0.989. The average Bonchev–Trinajstić information content (AvgIpc) is 3.05. The van der Waals surface area contributed by atoms with Gasteiger partial charge in [0.25, 0.3) is 0 Å². The van der Waals surface area contributed by atoms with Crippen LogP contribution in [-0.2, 0) is 13.0 Å². The van der Waals surface area contributed by atoms with E-state index in [0.29, 0.717) is 0 Å². The molecule has 3 nitrogen and oxygen atoms in total. The molecule has 0 saturated heterocycles. The number of rotatable bonds is 5. The number of nitrogens with zero attached hydrogens (tertiary/aromatic N) is 2. The maximum absolute atomic E-state index is 4.37. The molecule has 0 saturated carbocycles. The maximum atomic E-state index is 4.37. The van der Waals surface area contributed by atoms with Crippen LogP contribution in [0.1, 0.15) is 24.0 Å². The Labute approximate surface area is 143 Å². The lowest BCUT2D eigenvalue weighted by Gasteiger charge is -2.26. The first-order valence-electron chi connectivity index (χ1n) is 8.74. The summed E-state index contributed by atoms with van der Waals surface area (Å²) < 4.78 is 0. The van der Waals surface area contributed by atoms with Crippen LogP contribution < -0.4 is 0 Å². The van der Waals surface area contributed by atoms with Gasteiger partial charge in [0.2, 0.25) is 0 Å². The summed E-state index contributed by atoms with van der Waals surface area (Å²) >= 11 is 0. The van der Waals surface area contributed by atoms with Crippen molar-refractivity contribution in [2.45, 2.75) is 25.8 Å². The Bertz CT molecular complexity index is 832. The molecule has 24 heavy (non-hydrogen) atoms. The van der Waals surface area contributed by atoms with Gasteiger partial charge in [-0.2, -0.15) is 0 Å². The summed E-state index contributed by atoms with van der Waals surface area (Å²) in [7, 11) is 0. The van der Waals surface area contributed by atoms with E-state index in [1.807, 2.05) is 12.3 Å². The van der Waals surface area contributed by atoms with Crippen LogP contribution in [0.4, 0.5) is 0 Å². The zero-order chi connectivity index (χ0) is 16.2. The second kappa shape index (κ2) is 7.02. The average molecular weight is 317 g/mol. The van der Waals surface area contributed by atoms with Crippen molar-refractivity contribution in [1.82, 2.24) is 14.9 Å². The van der Waals surface area contributed by atoms with E-state index in [4.69, 9.17) is 0 Å². The number of aryl methyl sites for hydroxylation is 1. The lowest BCUT2D eigenvalue weighted by atomic mass is 9.99. The molecule has 0 amide bonds. The highest BCUT2D eigenvalue weighted by molar-refractivity contribution is 5.79. The molecule has 1 N–H and O–H groups in total. The highest BCUT2D eigenvalue weighted by atomic mass is 15.1. The molecule has 0 atom stereocenters. The number of hydrogen-bond acceptors (Lipinski definition) is 2. The van der Waals surface area contributed by atoms with Gasteiger partial charge in [0.1, 0.15) is 5.65 Å². The van der Waals surface area contributed by atoms with Crippen LogP contribution in [-0.4, -0.2) is 28.0 Å². The predicted octanol–water partition coefficient (Wildman–Crippen LogP) is 4.33. The van der Waals surface area contributed by atoms with Gasteiger partial charge < -0.3 is 4.98 Å². The van der Waals surface area contributed by atoms with E-state index in [0.717, 1.165) is 31.7 Å². The number of aromatic nitrogens is 2. The normalized spacial score (nSPS) is 15.6. The first-order chi connectivity index (χ1) is 11.9. The van der Waals surface area contributed by atoms with Crippen LogP contribution in [0.3, 0.4) is 0 Å². The summed E-state index contributed by atoms with van der Waals surface area (Å²) in [4.78, 5) is 10.2. The maximum Gasteiger partial charge on any atom is 0.137 e. The molecule has 1 aromatic carbocycles. The monoisotopic (exact) mass is 317 g/mol. The van der Waals surface area contributed by atoms with Crippen molar-refractivity contribution in [3.05, 3.63) is 77.6 Å². The van der Waals surface area contributed by atoms with Gasteiger partial charge in [-0.3, -0.25) is 4.90 Å². The van der Waals surface area contributed by atoms with Crippen molar-refractivity contribution in [2.75, 3.05) is 13.1 Å². The topological polar surface area (TPSA) is 31.9 Å². The van der Waals surface area contributed by atoms with Crippen molar-refractivity contribution in [3.63, 3.8) is 0 Å². The number of nitrogens with one attached hydrogen (secondary N) is 1. The van der Waals surface area contributed by atoms with Gasteiger partial charge in [-0.15, -0.1) is 0 Å². The Kier molecular flexibility index (Phi) is 4.43. The first-order valence-corrected chi connectivity index (χ1v) is 8.74. The van der Waals surface area contributed by atoms with Gasteiger partial charge in [0.05, 0.1) is 0 Å². The summed E-state index contributed by atoms with van der Waals surface area (Å²) in [6.45, 7) is 3.19. The molecular formula is C21H23N3. The van der Waals surface area contributed by atoms with Gasteiger partial charge in [-0.05, 0) is 42.5 Å². The fourth-order valence-electron chi connectivity index (χ4n) is 3.46. The number of aromatic amines is 1. The molecule has 2 aromatic heterocycles. The summed E-state index contributed by atoms with van der Waals surface area (Å²) in [5.74, 6) is 0. The quantitative estimate of drug-likeness (QED) is 0.710. The molecule has 3 heteroatoms. The Morgan fingerprint density at radius 1 is 1.04 bits per heavy atom. The minimum Gasteiger partial charge on any atom is -0.346 e. The van der Waals surface area contributed by atoms with Gasteiger partial charge in [-0.1, -0.05) is 42.0 Å². The van der Waals surface area contributed by atoms with Crippen molar-refractivity contribution in [1.29, 1.82) is 0 Å². The number of H-pyrrole nitrogens is 1. The van der Waals surface area contributed by atoms with E-state index in [1.165, 1.54) is 29.4 Å². The molecule has 1 aliphatic rings. The molecule has 0 radical (unpaired) electrons. The van der Waals surface area contributed by atoms with Crippen LogP contribution in [0.5, 0.6) is 0 Å². The fraction of sp³-hybridized carbons (Fsp3) is 0.286. The summed E-state index contributed by atoms with van der Waals surface area (Å²) in [5, 5.41) is 1.25. The highest BCUT2D eigenvalue weighted by Gasteiger charge is 2.14. The molecule has 4 rings (SSSR count). The molecule has 0 bridgehead atoms. The second-order valence-electron chi connectivity index (χ2n) is 6.55. The number of hydrogen-bond donors (Lipinski definition) is 1. The van der Waals surface area contributed by atoms with Crippen molar-refractivity contribution in [3.8, 4) is 0 Å². The Hall–Kier alpha value is -2.39. The first kappa shape index (κ1) is 15.2.